The SMILES string of the molecule is COC(=O)[C@@H](CO[Si](c1ccccc1)(c1ccccc1)C(C)(C)C)OCc1ccccc1. The fourth-order valence-corrected chi connectivity index (χ4v) is 8.61. The zero-order valence-electron chi connectivity index (χ0n) is 19.3. The van der Waals surface area contributed by atoms with E-state index in [2.05, 4.69) is 45.0 Å². The average Bonchev–Trinajstić information content (AvgIpc) is 2.82. The normalized spacial score (nSPS) is 12.9. The van der Waals surface area contributed by atoms with E-state index in [1.54, 1.807) is 0 Å². The molecule has 0 bridgehead atoms. The van der Waals surface area contributed by atoms with Crippen molar-refractivity contribution >= 4 is 24.7 Å². The number of hydrogen-bond donors (Lipinski definition) is 0. The molecule has 32 heavy (non-hydrogen) atoms. The second-order valence-corrected chi connectivity index (χ2v) is 13.1. The lowest BCUT2D eigenvalue weighted by Gasteiger charge is -2.43. The molecule has 0 spiro atoms. The predicted octanol–water partition coefficient (Wildman–Crippen LogP) is 4.32. The van der Waals surface area contributed by atoms with Gasteiger partial charge in [-0.3, -0.25) is 0 Å². The maximum Gasteiger partial charge on any atom is 0.337 e. The maximum atomic E-state index is 12.6. The number of hydrogen-bond acceptors (Lipinski definition) is 4. The lowest BCUT2D eigenvalue weighted by Crippen LogP contribution is -2.67. The molecule has 0 aliphatic carbocycles. The van der Waals surface area contributed by atoms with Gasteiger partial charge in [0.15, 0.2) is 6.10 Å². The summed E-state index contributed by atoms with van der Waals surface area (Å²) < 4.78 is 17.9. The molecule has 0 heterocycles. The Morgan fingerprint density at radius 3 is 1.72 bits per heavy atom. The first-order valence-electron chi connectivity index (χ1n) is 10.9. The van der Waals surface area contributed by atoms with Crippen molar-refractivity contribution in [2.75, 3.05) is 13.7 Å². The fourth-order valence-electron chi connectivity index (χ4n) is 4.05. The minimum atomic E-state index is -2.77. The summed E-state index contributed by atoms with van der Waals surface area (Å²) in [5.41, 5.74) is 0.992. The Bertz CT molecular complexity index is 929. The van der Waals surface area contributed by atoms with Crippen molar-refractivity contribution in [3.8, 4) is 0 Å². The van der Waals surface area contributed by atoms with E-state index in [-0.39, 0.29) is 11.6 Å². The summed E-state index contributed by atoms with van der Waals surface area (Å²) in [5, 5.41) is 2.13. The quantitative estimate of drug-likeness (QED) is 0.361. The summed E-state index contributed by atoms with van der Waals surface area (Å²) in [5.74, 6) is -0.432. The number of methoxy groups -OCH3 is 1. The van der Waals surface area contributed by atoms with Crippen molar-refractivity contribution in [3.63, 3.8) is 0 Å². The molecule has 168 valence electrons. The zero-order valence-corrected chi connectivity index (χ0v) is 20.3. The molecule has 1 atom stereocenters. The van der Waals surface area contributed by atoms with Gasteiger partial charge in [-0.25, -0.2) is 4.79 Å². The van der Waals surface area contributed by atoms with E-state index in [0.29, 0.717) is 6.61 Å². The molecule has 3 aromatic rings. The van der Waals surface area contributed by atoms with Crippen LogP contribution in [0.5, 0.6) is 0 Å². The van der Waals surface area contributed by atoms with Gasteiger partial charge in [0.05, 0.1) is 20.3 Å². The maximum absolute atomic E-state index is 12.6. The topological polar surface area (TPSA) is 44.8 Å². The van der Waals surface area contributed by atoms with Crippen LogP contribution >= 0.6 is 0 Å². The van der Waals surface area contributed by atoms with Gasteiger partial charge in [0.1, 0.15) is 0 Å². The molecule has 0 saturated heterocycles. The van der Waals surface area contributed by atoms with Crippen LogP contribution in [-0.2, 0) is 25.3 Å². The molecular weight excluding hydrogens is 416 g/mol. The Morgan fingerprint density at radius 2 is 1.28 bits per heavy atom. The van der Waals surface area contributed by atoms with E-state index in [1.807, 2.05) is 66.7 Å². The van der Waals surface area contributed by atoms with Crippen LogP contribution in [0.15, 0.2) is 91.0 Å². The first-order valence-corrected chi connectivity index (χ1v) is 12.8. The summed E-state index contributed by atoms with van der Waals surface area (Å²) in [6.45, 7) is 7.04. The van der Waals surface area contributed by atoms with Crippen LogP contribution in [0.3, 0.4) is 0 Å². The first-order chi connectivity index (χ1) is 15.4. The molecule has 0 aliphatic heterocycles. The molecule has 0 fully saturated rings. The van der Waals surface area contributed by atoms with Crippen LogP contribution in [0.25, 0.3) is 0 Å². The van der Waals surface area contributed by atoms with Crippen LogP contribution < -0.4 is 10.4 Å². The van der Waals surface area contributed by atoms with Crippen molar-refractivity contribution in [3.05, 3.63) is 96.6 Å². The number of ether oxygens (including phenoxy) is 2. The van der Waals surface area contributed by atoms with Gasteiger partial charge >= 0.3 is 5.97 Å². The highest BCUT2D eigenvalue weighted by atomic mass is 28.4. The molecule has 0 N–H and O–H groups in total. The van der Waals surface area contributed by atoms with Crippen LogP contribution in [0.2, 0.25) is 5.04 Å². The highest BCUT2D eigenvalue weighted by Crippen LogP contribution is 2.36. The molecule has 0 amide bonds. The van der Waals surface area contributed by atoms with E-state index in [1.165, 1.54) is 7.11 Å². The summed E-state index contributed by atoms with van der Waals surface area (Å²) in [4.78, 5) is 12.6. The van der Waals surface area contributed by atoms with Crippen LogP contribution in [0, 0.1) is 0 Å². The summed E-state index contributed by atoms with van der Waals surface area (Å²) in [6, 6.07) is 30.5. The number of rotatable bonds is 9. The number of carbonyl (C=O) groups excluding carboxylic acids is 1. The zero-order chi connectivity index (χ0) is 23.0. The van der Waals surface area contributed by atoms with E-state index < -0.39 is 20.4 Å². The molecule has 3 aromatic carbocycles. The first kappa shape index (κ1) is 23.9. The second kappa shape index (κ2) is 10.7. The monoisotopic (exact) mass is 448 g/mol. The van der Waals surface area contributed by atoms with Gasteiger partial charge in [0.25, 0.3) is 8.32 Å². The van der Waals surface area contributed by atoms with Crippen molar-refractivity contribution < 1.29 is 18.7 Å². The third kappa shape index (κ3) is 5.36. The van der Waals surface area contributed by atoms with E-state index in [4.69, 9.17) is 13.9 Å². The van der Waals surface area contributed by atoms with Crippen LogP contribution in [0.1, 0.15) is 26.3 Å². The Morgan fingerprint density at radius 1 is 0.812 bits per heavy atom. The van der Waals surface area contributed by atoms with Gasteiger partial charge in [-0.05, 0) is 21.0 Å². The summed E-state index contributed by atoms with van der Waals surface area (Å²) in [7, 11) is -1.39. The fraction of sp³-hybridized carbons (Fsp3) is 0.296. The Kier molecular flexibility index (Phi) is 8.02. The molecule has 0 radical (unpaired) electrons. The molecule has 4 nitrogen and oxygen atoms in total. The molecular formula is C27H32O4Si. The van der Waals surface area contributed by atoms with Crippen molar-refractivity contribution in [1.29, 1.82) is 0 Å². The minimum Gasteiger partial charge on any atom is -0.467 e. The summed E-state index contributed by atoms with van der Waals surface area (Å²) >= 11 is 0. The van der Waals surface area contributed by atoms with Crippen molar-refractivity contribution in [2.24, 2.45) is 0 Å². The lowest BCUT2D eigenvalue weighted by molar-refractivity contribution is -0.157. The van der Waals surface area contributed by atoms with Gasteiger partial charge in [0.2, 0.25) is 0 Å². The molecule has 0 aliphatic rings. The van der Waals surface area contributed by atoms with E-state index >= 15 is 0 Å². The molecule has 0 unspecified atom stereocenters. The van der Waals surface area contributed by atoms with Crippen molar-refractivity contribution in [1.82, 2.24) is 0 Å². The molecule has 0 saturated carbocycles. The number of carbonyl (C=O) groups is 1. The largest absolute Gasteiger partial charge is 0.467 e. The second-order valence-electron chi connectivity index (χ2n) is 8.78. The lowest BCUT2D eigenvalue weighted by atomic mass is 10.2. The standard InChI is InChI=1S/C27H32O4Si/c1-27(2,3)32(23-16-10-6-11-17-23,24-18-12-7-13-19-24)31-21-25(26(28)29-4)30-20-22-14-8-5-9-15-22/h5-19,25H,20-21H2,1-4H3/t25-/m1/s1. The molecule has 3 rings (SSSR count). The highest BCUT2D eigenvalue weighted by molar-refractivity contribution is 6.99. The Balaban J connectivity index is 1.95. The van der Waals surface area contributed by atoms with E-state index in [0.717, 1.165) is 15.9 Å². The van der Waals surface area contributed by atoms with Gasteiger partial charge in [0, 0.05) is 0 Å². The average molecular weight is 449 g/mol. The highest BCUT2D eigenvalue weighted by Gasteiger charge is 2.50. The molecule has 5 heteroatoms. The smallest absolute Gasteiger partial charge is 0.337 e. The Hall–Kier alpha value is -2.73. The van der Waals surface area contributed by atoms with E-state index in [9.17, 15) is 4.79 Å². The Labute approximate surface area is 192 Å². The minimum absolute atomic E-state index is 0.118. The van der Waals surface area contributed by atoms with Gasteiger partial charge in [-0.1, -0.05) is 112 Å². The third-order valence-corrected chi connectivity index (χ3v) is 10.6. The predicted molar refractivity (Wildman–Crippen MR) is 131 cm³/mol. The van der Waals surface area contributed by atoms with Gasteiger partial charge in [-0.15, -0.1) is 0 Å². The van der Waals surface area contributed by atoms with Crippen LogP contribution in [-0.4, -0.2) is 34.1 Å². The third-order valence-electron chi connectivity index (χ3n) is 5.63. The van der Waals surface area contributed by atoms with Crippen molar-refractivity contribution in [2.45, 2.75) is 38.5 Å². The van der Waals surface area contributed by atoms with Gasteiger partial charge in [-0.2, -0.15) is 0 Å². The molecule has 0 aromatic heterocycles. The van der Waals surface area contributed by atoms with Gasteiger partial charge < -0.3 is 13.9 Å². The summed E-state index contributed by atoms with van der Waals surface area (Å²) in [6.07, 6.45) is -0.818. The number of esters is 1. The van der Waals surface area contributed by atoms with Crippen LogP contribution in [0.4, 0.5) is 0 Å². The number of benzene rings is 3.